The van der Waals surface area contributed by atoms with Crippen LogP contribution in [0.2, 0.25) is 0 Å². The van der Waals surface area contributed by atoms with E-state index < -0.39 is 6.61 Å². The molecule has 0 aliphatic rings. The lowest BCUT2D eigenvalue weighted by molar-refractivity contribution is -0.0500. The minimum absolute atomic E-state index is 0.0390. The monoisotopic (exact) mass is 265 g/mol. The lowest BCUT2D eigenvalue weighted by Gasteiger charge is -2.14. The van der Waals surface area contributed by atoms with Crippen molar-refractivity contribution in [1.82, 2.24) is 9.97 Å². The molecule has 19 heavy (non-hydrogen) atoms. The smallest absolute Gasteiger partial charge is 0.387 e. The molecule has 2 aromatic heterocycles. The van der Waals surface area contributed by atoms with Crippen molar-refractivity contribution in [3.63, 3.8) is 0 Å². The van der Waals surface area contributed by atoms with Crippen LogP contribution in [0.3, 0.4) is 0 Å². The molecule has 1 atom stereocenters. The average molecular weight is 265 g/mol. The van der Waals surface area contributed by atoms with E-state index in [1.807, 2.05) is 19.1 Å². The minimum Gasteiger partial charge on any atom is -0.433 e. The van der Waals surface area contributed by atoms with Crippen LogP contribution in [0.4, 0.5) is 14.6 Å². The van der Waals surface area contributed by atoms with E-state index in [9.17, 15) is 8.78 Å². The molecule has 1 N–H and O–H groups in total. The Kier molecular flexibility index (Phi) is 4.22. The molecule has 0 amide bonds. The zero-order valence-electron chi connectivity index (χ0n) is 10.3. The van der Waals surface area contributed by atoms with E-state index >= 15 is 0 Å². The molecular weight excluding hydrogens is 252 g/mol. The van der Waals surface area contributed by atoms with Gasteiger partial charge in [0.25, 0.3) is 0 Å². The highest BCUT2D eigenvalue weighted by molar-refractivity contribution is 5.40. The summed E-state index contributed by atoms with van der Waals surface area (Å²) in [5.74, 6) is 0.628. The predicted molar refractivity (Wildman–Crippen MR) is 67.1 cm³/mol. The molecule has 100 valence electrons. The maximum absolute atomic E-state index is 12.0. The second kappa shape index (κ2) is 6.08. The van der Waals surface area contributed by atoms with Crippen LogP contribution in [0.1, 0.15) is 18.5 Å². The van der Waals surface area contributed by atoms with Crippen molar-refractivity contribution in [3.8, 4) is 5.75 Å². The summed E-state index contributed by atoms with van der Waals surface area (Å²) < 4.78 is 28.2. The van der Waals surface area contributed by atoms with Crippen molar-refractivity contribution < 1.29 is 13.5 Å². The molecule has 0 fully saturated rings. The standard InChI is InChI=1S/C13H13F2N3O/c1-9(10-4-6-16-7-5-10)18-12-3-2-11(8-17-12)19-13(14)15/h2-9,13H,1H3,(H,17,18)/t9-/m0/s1. The van der Waals surface area contributed by atoms with Crippen molar-refractivity contribution in [3.05, 3.63) is 48.4 Å². The Hall–Kier alpha value is -2.24. The first-order chi connectivity index (χ1) is 9.15. The summed E-state index contributed by atoms with van der Waals surface area (Å²) >= 11 is 0. The Morgan fingerprint density at radius 1 is 1.16 bits per heavy atom. The Labute approximate surface area is 109 Å². The molecule has 0 aromatic carbocycles. The fourth-order valence-corrected chi connectivity index (χ4v) is 1.60. The Morgan fingerprint density at radius 2 is 1.89 bits per heavy atom. The number of nitrogens with one attached hydrogen (secondary N) is 1. The van der Waals surface area contributed by atoms with Crippen molar-refractivity contribution >= 4 is 5.82 Å². The highest BCUT2D eigenvalue weighted by Gasteiger charge is 2.07. The summed E-state index contributed by atoms with van der Waals surface area (Å²) in [6.45, 7) is -0.864. The van der Waals surface area contributed by atoms with Gasteiger partial charge in [-0.15, -0.1) is 0 Å². The van der Waals surface area contributed by atoms with Crippen molar-refractivity contribution in [2.24, 2.45) is 0 Å². The van der Waals surface area contributed by atoms with Crippen molar-refractivity contribution in [2.45, 2.75) is 19.6 Å². The molecule has 0 aliphatic carbocycles. The first-order valence-corrected chi connectivity index (χ1v) is 5.72. The number of hydrogen-bond acceptors (Lipinski definition) is 4. The number of nitrogens with zero attached hydrogens (tertiary/aromatic N) is 2. The molecule has 0 aliphatic heterocycles. The van der Waals surface area contributed by atoms with E-state index in [2.05, 4.69) is 20.0 Å². The zero-order valence-corrected chi connectivity index (χ0v) is 10.3. The number of alkyl halides is 2. The second-order valence-corrected chi connectivity index (χ2v) is 3.90. The molecular formula is C13H13F2N3O. The third kappa shape index (κ3) is 3.87. The Balaban J connectivity index is 1.99. The van der Waals surface area contributed by atoms with Crippen LogP contribution in [-0.2, 0) is 0 Å². The van der Waals surface area contributed by atoms with Crippen LogP contribution in [-0.4, -0.2) is 16.6 Å². The zero-order chi connectivity index (χ0) is 13.7. The average Bonchev–Trinajstić information content (AvgIpc) is 2.41. The summed E-state index contributed by atoms with van der Waals surface area (Å²) in [4.78, 5) is 7.96. The summed E-state index contributed by atoms with van der Waals surface area (Å²) in [6.07, 6.45) is 4.68. The number of anilines is 1. The largest absolute Gasteiger partial charge is 0.433 e. The van der Waals surface area contributed by atoms with Gasteiger partial charge in [0.2, 0.25) is 0 Å². The third-order valence-corrected chi connectivity index (χ3v) is 2.53. The van der Waals surface area contributed by atoms with Crippen LogP contribution in [0.5, 0.6) is 5.75 Å². The molecule has 2 aromatic rings. The van der Waals surface area contributed by atoms with Crippen LogP contribution in [0, 0.1) is 0 Å². The number of ether oxygens (including phenoxy) is 1. The molecule has 0 spiro atoms. The highest BCUT2D eigenvalue weighted by Crippen LogP contribution is 2.19. The summed E-state index contributed by atoms with van der Waals surface area (Å²) in [7, 11) is 0. The number of hydrogen-bond donors (Lipinski definition) is 1. The third-order valence-electron chi connectivity index (χ3n) is 2.53. The number of halogens is 2. The highest BCUT2D eigenvalue weighted by atomic mass is 19.3. The van der Waals surface area contributed by atoms with Gasteiger partial charge in [0.15, 0.2) is 0 Å². The lowest BCUT2D eigenvalue weighted by atomic mass is 10.1. The molecule has 0 radical (unpaired) electrons. The van der Waals surface area contributed by atoms with Crippen LogP contribution < -0.4 is 10.1 Å². The topological polar surface area (TPSA) is 47.0 Å². The molecule has 2 rings (SSSR count). The maximum Gasteiger partial charge on any atom is 0.387 e. The SMILES string of the molecule is C[C@H](Nc1ccc(OC(F)F)cn1)c1ccncc1. The van der Waals surface area contributed by atoms with Crippen LogP contribution >= 0.6 is 0 Å². The van der Waals surface area contributed by atoms with E-state index in [4.69, 9.17) is 0 Å². The molecule has 0 saturated carbocycles. The lowest BCUT2D eigenvalue weighted by Crippen LogP contribution is -2.08. The van der Waals surface area contributed by atoms with Crippen LogP contribution in [0.25, 0.3) is 0 Å². The van der Waals surface area contributed by atoms with Gasteiger partial charge in [0.1, 0.15) is 11.6 Å². The van der Waals surface area contributed by atoms with Crippen molar-refractivity contribution in [2.75, 3.05) is 5.32 Å². The van der Waals surface area contributed by atoms with Gasteiger partial charge >= 0.3 is 6.61 Å². The molecule has 4 nitrogen and oxygen atoms in total. The van der Waals surface area contributed by atoms with Gasteiger partial charge in [-0.3, -0.25) is 4.98 Å². The summed E-state index contributed by atoms with van der Waals surface area (Å²) in [6, 6.07) is 6.87. The van der Waals surface area contributed by atoms with E-state index in [1.165, 1.54) is 12.3 Å². The fraction of sp³-hybridized carbons (Fsp3) is 0.231. The molecule has 6 heteroatoms. The van der Waals surface area contributed by atoms with E-state index in [1.54, 1.807) is 18.5 Å². The first-order valence-electron chi connectivity index (χ1n) is 5.72. The number of pyridine rings is 2. The molecule has 0 unspecified atom stereocenters. The van der Waals surface area contributed by atoms with E-state index in [0.717, 1.165) is 5.56 Å². The van der Waals surface area contributed by atoms with Gasteiger partial charge in [-0.05, 0) is 36.8 Å². The van der Waals surface area contributed by atoms with Crippen molar-refractivity contribution in [1.29, 1.82) is 0 Å². The number of rotatable bonds is 5. The second-order valence-electron chi connectivity index (χ2n) is 3.90. The van der Waals surface area contributed by atoms with Gasteiger partial charge in [0.05, 0.1) is 12.2 Å². The predicted octanol–water partition coefficient (Wildman–Crippen LogP) is 3.25. The van der Waals surface area contributed by atoms with Gasteiger partial charge in [-0.2, -0.15) is 8.78 Å². The molecule has 0 saturated heterocycles. The minimum atomic E-state index is -2.84. The fourth-order valence-electron chi connectivity index (χ4n) is 1.60. The van der Waals surface area contributed by atoms with Gasteiger partial charge in [-0.1, -0.05) is 0 Å². The van der Waals surface area contributed by atoms with Gasteiger partial charge in [0, 0.05) is 12.4 Å². The molecule has 2 heterocycles. The van der Waals surface area contributed by atoms with E-state index in [0.29, 0.717) is 5.82 Å². The van der Waals surface area contributed by atoms with Crippen LogP contribution in [0.15, 0.2) is 42.9 Å². The van der Waals surface area contributed by atoms with E-state index in [-0.39, 0.29) is 11.8 Å². The van der Waals surface area contributed by atoms with Gasteiger partial charge < -0.3 is 10.1 Å². The Bertz CT molecular complexity index is 505. The Morgan fingerprint density at radius 3 is 2.47 bits per heavy atom. The summed E-state index contributed by atoms with van der Waals surface area (Å²) in [5, 5.41) is 3.16. The normalized spacial score (nSPS) is 12.2. The molecule has 0 bridgehead atoms. The van der Waals surface area contributed by atoms with Gasteiger partial charge in [-0.25, -0.2) is 4.98 Å². The summed E-state index contributed by atoms with van der Waals surface area (Å²) in [5.41, 5.74) is 1.06. The number of aromatic nitrogens is 2. The first kappa shape index (κ1) is 13.2. The quantitative estimate of drug-likeness (QED) is 0.901. The maximum atomic E-state index is 12.0.